The fourth-order valence-electron chi connectivity index (χ4n) is 0.531. The van der Waals surface area contributed by atoms with Gasteiger partial charge in [0, 0.05) is 0 Å². The van der Waals surface area contributed by atoms with Crippen LogP contribution in [-0.4, -0.2) is 11.2 Å². The van der Waals surface area contributed by atoms with Gasteiger partial charge in [-0.1, -0.05) is 11.3 Å². The maximum absolute atomic E-state index is 8.51. The van der Waals surface area contributed by atoms with Crippen molar-refractivity contribution >= 4 is 28.2 Å². The third-order valence-electron chi connectivity index (χ3n) is 0.908. The summed E-state index contributed by atoms with van der Waals surface area (Å²) in [6.45, 7) is 0. The molecule has 0 saturated heterocycles. The van der Waals surface area contributed by atoms with Gasteiger partial charge in [0.1, 0.15) is 16.0 Å². The zero-order valence-electron chi connectivity index (χ0n) is 5.29. The van der Waals surface area contributed by atoms with Crippen molar-refractivity contribution < 1.29 is 0 Å². The van der Waals surface area contributed by atoms with E-state index in [2.05, 4.69) is 4.98 Å². The summed E-state index contributed by atoms with van der Waals surface area (Å²) >= 11 is 2.66. The van der Waals surface area contributed by atoms with Gasteiger partial charge in [-0.25, -0.2) is 4.98 Å². The quantitative estimate of drug-likeness (QED) is 0.647. The van der Waals surface area contributed by atoms with E-state index in [1.54, 1.807) is 0 Å². The number of rotatable bonds is 1. The van der Waals surface area contributed by atoms with Crippen LogP contribution in [-0.2, 0) is 0 Å². The number of nitriles is 1. The van der Waals surface area contributed by atoms with Crippen LogP contribution in [0.3, 0.4) is 0 Å². The first kappa shape index (κ1) is 7.38. The zero-order chi connectivity index (χ0) is 7.56. The molecule has 1 aromatic heterocycles. The molecule has 0 fully saturated rings. The number of thioether (sulfide) groups is 1. The van der Waals surface area contributed by atoms with E-state index < -0.39 is 0 Å². The average Bonchev–Trinajstić information content (AvgIpc) is 2.30. The Morgan fingerprint density at radius 1 is 1.80 bits per heavy atom. The summed E-state index contributed by atoms with van der Waals surface area (Å²) in [5, 5.41) is 9.70. The van der Waals surface area contributed by atoms with Crippen LogP contribution in [0.15, 0.2) is 5.03 Å². The predicted molar refractivity (Wildman–Crippen MR) is 43.0 cm³/mol. The van der Waals surface area contributed by atoms with E-state index in [-0.39, 0.29) is 0 Å². The molecule has 5 heteroatoms. The van der Waals surface area contributed by atoms with Crippen LogP contribution in [0.4, 0.5) is 5.13 Å². The van der Waals surface area contributed by atoms with Crippen LogP contribution < -0.4 is 5.73 Å². The lowest BCUT2D eigenvalue weighted by Crippen LogP contribution is -1.80. The van der Waals surface area contributed by atoms with Crippen LogP contribution in [0.1, 0.15) is 4.88 Å². The lowest BCUT2D eigenvalue weighted by atomic mass is 10.6. The van der Waals surface area contributed by atoms with E-state index in [1.807, 2.05) is 12.3 Å². The number of hydrogen-bond donors (Lipinski definition) is 1. The summed E-state index contributed by atoms with van der Waals surface area (Å²) in [6.07, 6.45) is 1.87. The second kappa shape index (κ2) is 2.90. The fraction of sp³-hybridized carbons (Fsp3) is 0.200. The molecule has 0 aliphatic rings. The topological polar surface area (TPSA) is 62.7 Å². The normalized spacial score (nSPS) is 9.20. The molecule has 0 saturated carbocycles. The van der Waals surface area contributed by atoms with Crippen molar-refractivity contribution in [2.24, 2.45) is 0 Å². The molecule has 0 atom stereocenters. The first-order chi connectivity index (χ1) is 4.77. The van der Waals surface area contributed by atoms with Crippen molar-refractivity contribution in [1.29, 1.82) is 5.26 Å². The van der Waals surface area contributed by atoms with Crippen LogP contribution in [0.25, 0.3) is 0 Å². The first-order valence-corrected chi connectivity index (χ1v) is 4.52. The molecule has 0 bridgehead atoms. The smallest absolute Gasteiger partial charge is 0.182 e. The monoisotopic (exact) mass is 171 g/mol. The average molecular weight is 171 g/mol. The second-order valence-electron chi connectivity index (χ2n) is 1.50. The highest BCUT2D eigenvalue weighted by atomic mass is 32.2. The number of aromatic nitrogens is 1. The number of nitrogens with two attached hydrogens (primary N) is 1. The van der Waals surface area contributed by atoms with Crippen LogP contribution in [0.5, 0.6) is 0 Å². The Morgan fingerprint density at radius 2 is 2.50 bits per heavy atom. The number of anilines is 1. The maximum Gasteiger partial charge on any atom is 0.182 e. The molecule has 1 rings (SSSR count). The highest BCUT2D eigenvalue weighted by molar-refractivity contribution is 7.98. The SMILES string of the molecule is CSc1nc(N)sc1C#N. The molecule has 0 radical (unpaired) electrons. The Balaban J connectivity index is 3.12. The van der Waals surface area contributed by atoms with Gasteiger partial charge in [0.05, 0.1) is 0 Å². The molecule has 0 unspecified atom stereocenters. The second-order valence-corrected chi connectivity index (χ2v) is 3.33. The standard InChI is InChI=1S/C5H5N3S2/c1-9-4-3(2-6)10-5(7)8-4/h1H3,(H2,7,8). The largest absolute Gasteiger partial charge is 0.375 e. The summed E-state index contributed by atoms with van der Waals surface area (Å²) in [5.41, 5.74) is 5.37. The summed E-state index contributed by atoms with van der Waals surface area (Å²) in [5.74, 6) is 0. The van der Waals surface area contributed by atoms with Crippen molar-refractivity contribution in [3.63, 3.8) is 0 Å². The summed E-state index contributed by atoms with van der Waals surface area (Å²) in [4.78, 5) is 4.54. The molecule has 3 nitrogen and oxygen atoms in total. The Hall–Kier alpha value is -0.730. The first-order valence-electron chi connectivity index (χ1n) is 2.48. The van der Waals surface area contributed by atoms with Gasteiger partial charge in [0.2, 0.25) is 0 Å². The highest BCUT2D eigenvalue weighted by Crippen LogP contribution is 2.25. The number of thiazole rings is 1. The third kappa shape index (κ3) is 1.23. The number of nitrogens with zero attached hydrogens (tertiary/aromatic N) is 2. The highest BCUT2D eigenvalue weighted by Gasteiger charge is 2.05. The molecule has 52 valence electrons. The minimum Gasteiger partial charge on any atom is -0.375 e. The lowest BCUT2D eigenvalue weighted by molar-refractivity contribution is 1.20. The molecule has 0 amide bonds. The summed E-state index contributed by atoms with van der Waals surface area (Å²) in [7, 11) is 0. The van der Waals surface area contributed by atoms with Gasteiger partial charge < -0.3 is 5.73 Å². The van der Waals surface area contributed by atoms with E-state index in [1.165, 1.54) is 23.1 Å². The maximum atomic E-state index is 8.51. The van der Waals surface area contributed by atoms with E-state index in [4.69, 9.17) is 11.0 Å². The molecule has 0 spiro atoms. The van der Waals surface area contributed by atoms with Crippen LogP contribution in [0.2, 0.25) is 0 Å². The molecule has 1 aromatic rings. The molecule has 0 aromatic carbocycles. The molecule has 10 heavy (non-hydrogen) atoms. The fourth-order valence-corrected chi connectivity index (χ4v) is 1.91. The summed E-state index contributed by atoms with van der Waals surface area (Å²) in [6, 6.07) is 2.02. The Kier molecular flexibility index (Phi) is 2.14. The molecular formula is C5H5N3S2. The van der Waals surface area contributed by atoms with Gasteiger partial charge in [-0.2, -0.15) is 5.26 Å². The Morgan fingerprint density at radius 3 is 2.90 bits per heavy atom. The molecule has 0 aliphatic heterocycles. The molecule has 1 heterocycles. The van der Waals surface area contributed by atoms with Crippen molar-refractivity contribution in [2.45, 2.75) is 5.03 Å². The van der Waals surface area contributed by atoms with Gasteiger partial charge >= 0.3 is 0 Å². The van der Waals surface area contributed by atoms with E-state index >= 15 is 0 Å². The van der Waals surface area contributed by atoms with E-state index in [9.17, 15) is 0 Å². The summed E-state index contributed by atoms with van der Waals surface area (Å²) < 4.78 is 0. The Bertz CT molecular complexity index is 273. The third-order valence-corrected chi connectivity index (χ3v) is 2.51. The minimum absolute atomic E-state index is 0.459. The lowest BCUT2D eigenvalue weighted by Gasteiger charge is -1.83. The van der Waals surface area contributed by atoms with Crippen LogP contribution in [0, 0.1) is 11.3 Å². The van der Waals surface area contributed by atoms with Gasteiger partial charge in [0.15, 0.2) is 5.13 Å². The van der Waals surface area contributed by atoms with Crippen molar-refractivity contribution in [3.8, 4) is 6.07 Å². The molecule has 0 aliphatic carbocycles. The zero-order valence-corrected chi connectivity index (χ0v) is 6.92. The van der Waals surface area contributed by atoms with Crippen molar-refractivity contribution in [2.75, 3.05) is 12.0 Å². The predicted octanol–water partition coefficient (Wildman–Crippen LogP) is 1.32. The van der Waals surface area contributed by atoms with Gasteiger partial charge in [0.25, 0.3) is 0 Å². The van der Waals surface area contributed by atoms with E-state index in [0.717, 1.165) is 5.03 Å². The van der Waals surface area contributed by atoms with Crippen molar-refractivity contribution in [3.05, 3.63) is 4.88 Å². The number of hydrogen-bond acceptors (Lipinski definition) is 5. The van der Waals surface area contributed by atoms with E-state index in [0.29, 0.717) is 10.0 Å². The van der Waals surface area contributed by atoms with Crippen LogP contribution >= 0.6 is 23.1 Å². The van der Waals surface area contributed by atoms with Crippen molar-refractivity contribution in [1.82, 2.24) is 4.98 Å². The van der Waals surface area contributed by atoms with Gasteiger partial charge in [-0.15, -0.1) is 11.8 Å². The molecule has 2 N–H and O–H groups in total. The Labute approximate surface area is 66.9 Å². The van der Waals surface area contributed by atoms with Gasteiger partial charge in [-0.3, -0.25) is 0 Å². The molecular weight excluding hydrogens is 166 g/mol. The minimum atomic E-state index is 0.459. The number of nitrogen functional groups attached to an aromatic ring is 1. The van der Waals surface area contributed by atoms with Gasteiger partial charge in [-0.05, 0) is 6.26 Å².